The molecule has 1 aromatic carbocycles. The zero-order valence-corrected chi connectivity index (χ0v) is 15.6. The summed E-state index contributed by atoms with van der Waals surface area (Å²) in [6, 6.07) is 6.74. The van der Waals surface area contributed by atoms with Gasteiger partial charge in [-0.25, -0.2) is 0 Å². The zero-order valence-electron chi connectivity index (χ0n) is 14.1. The number of nitro groups is 1. The number of hydrogen-bond acceptors (Lipinski definition) is 5. The van der Waals surface area contributed by atoms with Gasteiger partial charge in [-0.05, 0) is 19.1 Å². The van der Waals surface area contributed by atoms with Gasteiger partial charge in [0.05, 0.1) is 11.5 Å². The van der Waals surface area contributed by atoms with Gasteiger partial charge >= 0.3 is 5.69 Å². The Morgan fingerprint density at radius 2 is 1.93 bits per heavy atom. The first kappa shape index (κ1) is 18.9. The molecule has 1 amide bonds. The normalized spacial score (nSPS) is 10.8. The number of nitrogens with zero attached hydrogens (tertiary/aromatic N) is 5. The second kappa shape index (κ2) is 7.77. The van der Waals surface area contributed by atoms with Crippen molar-refractivity contribution in [3.63, 3.8) is 0 Å². The van der Waals surface area contributed by atoms with E-state index in [1.54, 1.807) is 42.1 Å². The van der Waals surface area contributed by atoms with E-state index >= 15 is 0 Å². The third-order valence-corrected chi connectivity index (χ3v) is 4.45. The van der Waals surface area contributed by atoms with Crippen LogP contribution in [0.2, 0.25) is 10.0 Å². The van der Waals surface area contributed by atoms with Gasteiger partial charge in [0, 0.05) is 34.4 Å². The van der Waals surface area contributed by atoms with Crippen LogP contribution in [0.1, 0.15) is 23.0 Å². The van der Waals surface area contributed by atoms with Gasteiger partial charge in [0.15, 0.2) is 5.82 Å². The van der Waals surface area contributed by atoms with E-state index in [4.69, 9.17) is 23.2 Å². The molecule has 0 aliphatic heterocycles. The summed E-state index contributed by atoms with van der Waals surface area (Å²) in [5.41, 5.74) is 0.0568. The summed E-state index contributed by atoms with van der Waals surface area (Å²) >= 11 is 12.3. The van der Waals surface area contributed by atoms with Crippen LogP contribution >= 0.6 is 23.2 Å². The summed E-state index contributed by atoms with van der Waals surface area (Å²) in [6.07, 6.45) is 2.85. The number of hydrogen-bond donors (Lipinski definition) is 1. The van der Waals surface area contributed by atoms with E-state index in [2.05, 4.69) is 15.5 Å². The van der Waals surface area contributed by atoms with E-state index in [-0.39, 0.29) is 17.2 Å². The van der Waals surface area contributed by atoms with Crippen LogP contribution in [0.4, 0.5) is 11.5 Å². The quantitative estimate of drug-likeness (QED) is 0.494. The summed E-state index contributed by atoms with van der Waals surface area (Å²) in [5.74, 6) is -0.488. The number of benzene rings is 1. The summed E-state index contributed by atoms with van der Waals surface area (Å²) in [7, 11) is 0. The summed E-state index contributed by atoms with van der Waals surface area (Å²) in [4.78, 5) is 22.8. The lowest BCUT2D eigenvalue weighted by molar-refractivity contribution is -0.385. The molecule has 0 aliphatic rings. The molecule has 0 saturated heterocycles. The van der Waals surface area contributed by atoms with E-state index in [1.807, 2.05) is 0 Å². The van der Waals surface area contributed by atoms with Gasteiger partial charge < -0.3 is 5.32 Å². The van der Waals surface area contributed by atoms with Crippen molar-refractivity contribution in [2.45, 2.75) is 20.0 Å². The fraction of sp³-hybridized carbons (Fsp3) is 0.188. The monoisotopic (exact) mass is 408 g/mol. The largest absolute Gasteiger partial charge is 0.320 e. The van der Waals surface area contributed by atoms with Crippen LogP contribution in [0.25, 0.3) is 0 Å². The molecule has 1 N–H and O–H groups in total. The van der Waals surface area contributed by atoms with Crippen molar-refractivity contribution in [2.24, 2.45) is 0 Å². The maximum Gasteiger partial charge on any atom is 0.320 e. The number of aryl methyl sites for hydroxylation is 1. The first-order valence-corrected chi connectivity index (χ1v) is 8.64. The lowest BCUT2D eigenvalue weighted by atomic mass is 10.2. The molecule has 0 radical (unpaired) electrons. The standard InChI is InChI=1S/C16H14Cl2N6O3/c1-2-22-9-13(24(26)27)15(21-22)16(25)19-14-6-7-23(20-14)8-10-11(17)4-3-5-12(10)18/h3-7,9H,2,8H2,1H3,(H,19,20,25). The Morgan fingerprint density at radius 3 is 2.56 bits per heavy atom. The van der Waals surface area contributed by atoms with Crippen molar-refractivity contribution in [3.05, 3.63) is 68.1 Å². The minimum absolute atomic E-state index is 0.225. The second-order valence-corrected chi connectivity index (χ2v) is 6.34. The van der Waals surface area contributed by atoms with E-state index in [1.165, 1.54) is 10.9 Å². The molecule has 0 saturated carbocycles. The molecule has 2 heterocycles. The number of aromatic nitrogens is 4. The van der Waals surface area contributed by atoms with Crippen molar-refractivity contribution in [3.8, 4) is 0 Å². The van der Waals surface area contributed by atoms with Crippen LogP contribution in [-0.2, 0) is 13.1 Å². The zero-order chi connectivity index (χ0) is 19.6. The Labute approximate surface area is 163 Å². The van der Waals surface area contributed by atoms with Gasteiger partial charge in [0.2, 0.25) is 5.69 Å². The third-order valence-electron chi connectivity index (χ3n) is 3.74. The van der Waals surface area contributed by atoms with Crippen LogP contribution < -0.4 is 5.32 Å². The number of carbonyl (C=O) groups is 1. The molecule has 0 atom stereocenters. The number of carbonyl (C=O) groups excluding carboxylic acids is 1. The fourth-order valence-electron chi connectivity index (χ4n) is 2.41. The molecular formula is C16H14Cl2N6O3. The summed E-state index contributed by atoms with van der Waals surface area (Å²) in [6.45, 7) is 2.47. The van der Waals surface area contributed by atoms with Gasteiger partial charge in [-0.15, -0.1) is 0 Å². The highest BCUT2D eigenvalue weighted by Gasteiger charge is 2.25. The van der Waals surface area contributed by atoms with Crippen LogP contribution in [0.3, 0.4) is 0 Å². The summed E-state index contributed by atoms with van der Waals surface area (Å²) < 4.78 is 2.87. The van der Waals surface area contributed by atoms with Gasteiger partial charge in [0.1, 0.15) is 6.20 Å². The SMILES string of the molecule is CCn1cc([N+](=O)[O-])c(C(=O)Nc2ccn(Cc3c(Cl)cccc3Cl)n2)n1. The van der Waals surface area contributed by atoms with Crippen molar-refractivity contribution in [2.75, 3.05) is 5.32 Å². The molecule has 11 heteroatoms. The molecular weight excluding hydrogens is 395 g/mol. The van der Waals surface area contributed by atoms with Crippen molar-refractivity contribution >= 4 is 40.6 Å². The number of nitrogens with one attached hydrogen (secondary N) is 1. The molecule has 3 aromatic rings. The fourth-order valence-corrected chi connectivity index (χ4v) is 2.92. The van der Waals surface area contributed by atoms with Gasteiger partial charge in [-0.3, -0.25) is 24.3 Å². The number of halogens is 2. The highest BCUT2D eigenvalue weighted by atomic mass is 35.5. The predicted octanol–water partition coefficient (Wildman–Crippen LogP) is 3.62. The maximum atomic E-state index is 12.4. The third kappa shape index (κ3) is 4.09. The lowest BCUT2D eigenvalue weighted by Gasteiger charge is -2.06. The highest BCUT2D eigenvalue weighted by molar-refractivity contribution is 6.35. The molecule has 27 heavy (non-hydrogen) atoms. The van der Waals surface area contributed by atoms with Crippen LogP contribution in [-0.4, -0.2) is 30.4 Å². The van der Waals surface area contributed by atoms with Gasteiger partial charge in [0.25, 0.3) is 5.91 Å². The molecule has 9 nitrogen and oxygen atoms in total. The molecule has 0 fully saturated rings. The average molecular weight is 409 g/mol. The first-order chi connectivity index (χ1) is 12.9. The van der Waals surface area contributed by atoms with Crippen molar-refractivity contribution in [1.82, 2.24) is 19.6 Å². The van der Waals surface area contributed by atoms with E-state index in [9.17, 15) is 14.9 Å². The smallest absolute Gasteiger partial charge is 0.303 e. The maximum absolute atomic E-state index is 12.4. The molecule has 0 aliphatic carbocycles. The topological polar surface area (TPSA) is 108 Å². The Kier molecular flexibility index (Phi) is 5.43. The second-order valence-electron chi connectivity index (χ2n) is 5.53. The highest BCUT2D eigenvalue weighted by Crippen LogP contribution is 2.25. The Hall–Kier alpha value is -2.91. The van der Waals surface area contributed by atoms with Gasteiger partial charge in [-0.1, -0.05) is 29.3 Å². The van der Waals surface area contributed by atoms with Crippen molar-refractivity contribution in [1.29, 1.82) is 0 Å². The van der Waals surface area contributed by atoms with Gasteiger partial charge in [-0.2, -0.15) is 10.2 Å². The molecule has 0 bridgehead atoms. The lowest BCUT2D eigenvalue weighted by Crippen LogP contribution is -2.15. The van der Waals surface area contributed by atoms with E-state index < -0.39 is 10.8 Å². The molecule has 2 aromatic heterocycles. The van der Waals surface area contributed by atoms with Crippen LogP contribution in [0.5, 0.6) is 0 Å². The molecule has 3 rings (SSSR count). The number of anilines is 1. The Balaban J connectivity index is 1.77. The average Bonchev–Trinajstić information content (AvgIpc) is 3.25. The Bertz CT molecular complexity index is 993. The van der Waals surface area contributed by atoms with Crippen LogP contribution in [0, 0.1) is 10.1 Å². The number of rotatable bonds is 6. The van der Waals surface area contributed by atoms with E-state index in [0.717, 1.165) is 0 Å². The van der Waals surface area contributed by atoms with Crippen LogP contribution in [0.15, 0.2) is 36.7 Å². The molecule has 140 valence electrons. The molecule has 0 spiro atoms. The first-order valence-electron chi connectivity index (χ1n) is 7.88. The number of amides is 1. The summed E-state index contributed by atoms with van der Waals surface area (Å²) in [5, 5.41) is 22.8. The minimum atomic E-state index is -0.713. The predicted molar refractivity (Wildman–Crippen MR) is 100 cm³/mol. The Morgan fingerprint density at radius 1 is 1.22 bits per heavy atom. The van der Waals surface area contributed by atoms with E-state index in [0.29, 0.717) is 28.7 Å². The van der Waals surface area contributed by atoms with Crippen molar-refractivity contribution < 1.29 is 9.72 Å². The molecule has 0 unspecified atom stereocenters. The minimum Gasteiger partial charge on any atom is -0.303 e.